The molecule has 1 aliphatic heterocycles. The molecule has 3 heterocycles. The third kappa shape index (κ3) is 2.34. The van der Waals surface area contributed by atoms with E-state index < -0.39 is 0 Å². The zero-order valence-corrected chi connectivity index (χ0v) is 12.0. The second kappa shape index (κ2) is 5.25. The number of aromatic nitrogens is 5. The van der Waals surface area contributed by atoms with Crippen molar-refractivity contribution in [3.8, 4) is 0 Å². The van der Waals surface area contributed by atoms with Crippen LogP contribution in [0.15, 0.2) is 30.6 Å². The zero-order chi connectivity index (χ0) is 14.9. The third-order valence-corrected chi connectivity index (χ3v) is 4.18. The number of carbonyl (C=O) groups is 1. The highest BCUT2D eigenvalue weighted by atomic mass is 16.1. The minimum absolute atomic E-state index is 0.0705. The lowest BCUT2D eigenvalue weighted by atomic mass is 9.97. The molecule has 0 aliphatic carbocycles. The van der Waals surface area contributed by atoms with Gasteiger partial charge in [-0.05, 0) is 30.5 Å². The Morgan fingerprint density at radius 2 is 2.27 bits per heavy atom. The number of rotatable bonds is 3. The summed E-state index contributed by atoms with van der Waals surface area (Å²) in [6.45, 7) is 1.64. The Morgan fingerprint density at radius 1 is 1.36 bits per heavy atom. The van der Waals surface area contributed by atoms with Gasteiger partial charge in [0.15, 0.2) is 0 Å². The van der Waals surface area contributed by atoms with Crippen molar-refractivity contribution in [1.82, 2.24) is 30.3 Å². The molecule has 0 saturated carbocycles. The van der Waals surface area contributed by atoms with Crippen molar-refractivity contribution in [2.75, 3.05) is 6.54 Å². The predicted octanol–water partition coefficient (Wildman–Crippen LogP) is 1.15. The molecule has 112 valence electrons. The monoisotopic (exact) mass is 296 g/mol. The minimum Gasteiger partial charge on any atom is -0.352 e. The van der Waals surface area contributed by atoms with Crippen molar-refractivity contribution in [3.05, 3.63) is 42.0 Å². The van der Waals surface area contributed by atoms with Gasteiger partial charge in [-0.1, -0.05) is 0 Å². The highest BCUT2D eigenvalue weighted by molar-refractivity contribution is 5.97. The number of carbonyl (C=O) groups excluding carboxylic acids is 1. The van der Waals surface area contributed by atoms with Crippen LogP contribution in [0.1, 0.15) is 22.6 Å². The molecule has 4 rings (SSSR count). The van der Waals surface area contributed by atoms with Crippen LogP contribution in [0.4, 0.5) is 0 Å². The predicted molar refractivity (Wildman–Crippen MR) is 80.3 cm³/mol. The van der Waals surface area contributed by atoms with Gasteiger partial charge < -0.3 is 9.88 Å². The van der Waals surface area contributed by atoms with Crippen molar-refractivity contribution >= 4 is 16.9 Å². The fraction of sp³-hybridized carbons (Fsp3) is 0.333. The first-order valence-electron chi connectivity index (χ1n) is 7.38. The summed E-state index contributed by atoms with van der Waals surface area (Å²) >= 11 is 0. The molecule has 2 N–H and O–H groups in total. The summed E-state index contributed by atoms with van der Waals surface area (Å²) < 4.78 is 2.18. The maximum Gasteiger partial charge on any atom is 0.251 e. The van der Waals surface area contributed by atoms with Gasteiger partial charge in [-0.3, -0.25) is 4.79 Å². The van der Waals surface area contributed by atoms with E-state index in [1.165, 1.54) is 0 Å². The van der Waals surface area contributed by atoms with Crippen LogP contribution in [-0.2, 0) is 13.0 Å². The smallest absolute Gasteiger partial charge is 0.251 e. The van der Waals surface area contributed by atoms with Gasteiger partial charge in [0.05, 0.1) is 0 Å². The molecule has 0 unspecified atom stereocenters. The van der Waals surface area contributed by atoms with Gasteiger partial charge in [0, 0.05) is 37.5 Å². The molecule has 1 aliphatic rings. The first kappa shape index (κ1) is 13.0. The summed E-state index contributed by atoms with van der Waals surface area (Å²) in [5, 5.41) is 13.5. The number of nitrogens with zero attached hydrogens (tertiary/aromatic N) is 4. The van der Waals surface area contributed by atoms with E-state index in [0.29, 0.717) is 23.5 Å². The Bertz CT molecular complexity index is 820. The van der Waals surface area contributed by atoms with Gasteiger partial charge in [0.25, 0.3) is 5.91 Å². The standard InChI is InChI=1S/C15H16N6O/c22-15(11-1-2-12-13(8-11)19-20-18-12)17-9-10-3-5-21-6-4-16-14(21)7-10/h1-2,4,6,8,10H,3,5,7,9H2,(H,17,22)(H,18,19,20)/t10-/m1/s1. The molecule has 0 fully saturated rings. The highest BCUT2D eigenvalue weighted by Crippen LogP contribution is 2.18. The molecule has 7 nitrogen and oxygen atoms in total. The average molecular weight is 296 g/mol. The number of aryl methyl sites for hydroxylation is 1. The van der Waals surface area contributed by atoms with Crippen LogP contribution in [0.2, 0.25) is 0 Å². The van der Waals surface area contributed by atoms with Gasteiger partial charge >= 0.3 is 0 Å². The van der Waals surface area contributed by atoms with Crippen molar-refractivity contribution in [2.45, 2.75) is 19.4 Å². The zero-order valence-electron chi connectivity index (χ0n) is 12.0. The van der Waals surface area contributed by atoms with Gasteiger partial charge in [0.1, 0.15) is 16.9 Å². The first-order valence-corrected chi connectivity index (χ1v) is 7.38. The maximum atomic E-state index is 12.3. The first-order chi connectivity index (χ1) is 10.8. The van der Waals surface area contributed by atoms with Crippen molar-refractivity contribution in [3.63, 3.8) is 0 Å². The normalized spacial score (nSPS) is 17.4. The lowest BCUT2D eigenvalue weighted by Crippen LogP contribution is -2.33. The highest BCUT2D eigenvalue weighted by Gasteiger charge is 2.20. The quantitative estimate of drug-likeness (QED) is 0.758. The molecule has 1 aromatic carbocycles. The molecular formula is C15H16N6O. The third-order valence-electron chi connectivity index (χ3n) is 4.18. The number of amides is 1. The summed E-state index contributed by atoms with van der Waals surface area (Å²) in [4.78, 5) is 16.6. The molecule has 1 amide bonds. The molecule has 0 bridgehead atoms. The summed E-state index contributed by atoms with van der Waals surface area (Å²) in [6, 6.07) is 5.32. The maximum absolute atomic E-state index is 12.3. The van der Waals surface area contributed by atoms with Crippen LogP contribution < -0.4 is 5.32 Å². The summed E-state index contributed by atoms with van der Waals surface area (Å²) in [5.74, 6) is 1.47. The summed E-state index contributed by atoms with van der Waals surface area (Å²) in [5.41, 5.74) is 2.07. The largest absolute Gasteiger partial charge is 0.352 e. The Kier molecular flexibility index (Phi) is 3.10. The van der Waals surface area contributed by atoms with Gasteiger partial charge in [0.2, 0.25) is 0 Å². The van der Waals surface area contributed by atoms with Crippen molar-refractivity contribution in [2.24, 2.45) is 5.92 Å². The molecule has 0 spiro atoms. The fourth-order valence-electron chi connectivity index (χ4n) is 2.91. The van der Waals surface area contributed by atoms with Crippen LogP contribution >= 0.6 is 0 Å². The molecule has 0 radical (unpaired) electrons. The molecule has 22 heavy (non-hydrogen) atoms. The molecule has 7 heteroatoms. The van der Waals surface area contributed by atoms with E-state index >= 15 is 0 Å². The van der Waals surface area contributed by atoms with Crippen LogP contribution in [-0.4, -0.2) is 37.4 Å². The summed E-state index contributed by atoms with van der Waals surface area (Å²) in [7, 11) is 0. The Balaban J connectivity index is 1.40. The minimum atomic E-state index is -0.0705. The van der Waals surface area contributed by atoms with Crippen molar-refractivity contribution < 1.29 is 4.79 Å². The van der Waals surface area contributed by atoms with E-state index in [1.54, 1.807) is 18.2 Å². The Morgan fingerprint density at radius 3 is 3.23 bits per heavy atom. The number of nitrogens with one attached hydrogen (secondary N) is 2. The van der Waals surface area contributed by atoms with Gasteiger partial charge in [-0.15, -0.1) is 0 Å². The van der Waals surface area contributed by atoms with Crippen LogP contribution in [0.25, 0.3) is 11.0 Å². The van der Waals surface area contributed by atoms with Crippen molar-refractivity contribution in [1.29, 1.82) is 0 Å². The second-order valence-electron chi connectivity index (χ2n) is 5.63. The Hall–Kier alpha value is -2.70. The second-order valence-corrected chi connectivity index (χ2v) is 5.63. The molecule has 1 atom stereocenters. The number of aromatic amines is 1. The van der Waals surface area contributed by atoms with Gasteiger partial charge in [-0.2, -0.15) is 15.4 Å². The molecule has 3 aromatic rings. The number of benzene rings is 1. The van der Waals surface area contributed by atoms with E-state index in [-0.39, 0.29) is 5.91 Å². The lowest BCUT2D eigenvalue weighted by molar-refractivity contribution is 0.0944. The van der Waals surface area contributed by atoms with E-state index in [0.717, 1.165) is 30.7 Å². The number of imidazole rings is 1. The van der Waals surface area contributed by atoms with Gasteiger partial charge in [-0.25, -0.2) is 4.98 Å². The molecular weight excluding hydrogens is 280 g/mol. The number of hydrogen-bond donors (Lipinski definition) is 2. The average Bonchev–Trinajstić information content (AvgIpc) is 3.19. The molecule has 0 saturated heterocycles. The Labute approximate surface area is 126 Å². The number of H-pyrrole nitrogens is 1. The van der Waals surface area contributed by atoms with E-state index in [4.69, 9.17) is 0 Å². The fourth-order valence-corrected chi connectivity index (χ4v) is 2.91. The topological polar surface area (TPSA) is 88.5 Å². The van der Waals surface area contributed by atoms with E-state index in [2.05, 4.69) is 30.3 Å². The van der Waals surface area contributed by atoms with E-state index in [1.807, 2.05) is 12.4 Å². The van der Waals surface area contributed by atoms with Crippen LogP contribution in [0, 0.1) is 5.92 Å². The van der Waals surface area contributed by atoms with E-state index in [9.17, 15) is 4.79 Å². The SMILES string of the molecule is O=C(NC[C@@H]1CCn2ccnc2C1)c1ccc2n[nH]nc2c1. The van der Waals surface area contributed by atoms with Crippen LogP contribution in [0.5, 0.6) is 0 Å². The number of hydrogen-bond acceptors (Lipinski definition) is 4. The summed E-state index contributed by atoms with van der Waals surface area (Å²) in [6.07, 6.45) is 5.82. The lowest BCUT2D eigenvalue weighted by Gasteiger charge is -2.23. The van der Waals surface area contributed by atoms with Crippen LogP contribution in [0.3, 0.4) is 0 Å². The number of fused-ring (bicyclic) bond motifs is 2. The molecule has 2 aromatic heterocycles.